The molecular formula is C18H18N4O4S. The van der Waals surface area contributed by atoms with Gasteiger partial charge in [-0.25, -0.2) is 9.78 Å². The van der Waals surface area contributed by atoms with Gasteiger partial charge in [-0.2, -0.15) is 5.11 Å². The summed E-state index contributed by atoms with van der Waals surface area (Å²) < 4.78 is 4.75. The van der Waals surface area contributed by atoms with Gasteiger partial charge in [0.25, 0.3) is 5.91 Å². The Balaban J connectivity index is 1.76. The van der Waals surface area contributed by atoms with Gasteiger partial charge in [0.1, 0.15) is 6.04 Å². The number of amides is 2. The van der Waals surface area contributed by atoms with E-state index in [1.54, 1.807) is 24.3 Å². The minimum absolute atomic E-state index is 0.0118. The number of thiazole rings is 1. The zero-order chi connectivity index (χ0) is 19.6. The highest BCUT2D eigenvalue weighted by atomic mass is 32.1. The molecule has 1 aliphatic heterocycles. The first-order valence-electron chi connectivity index (χ1n) is 8.33. The minimum atomic E-state index is -0.538. The number of rotatable bonds is 5. The number of carbonyl (C=O) groups is 3. The molecule has 0 saturated carbocycles. The van der Waals surface area contributed by atoms with E-state index in [1.165, 1.54) is 18.4 Å². The lowest BCUT2D eigenvalue weighted by atomic mass is 9.97. The van der Waals surface area contributed by atoms with E-state index in [0.717, 1.165) is 4.88 Å². The van der Waals surface area contributed by atoms with Crippen molar-refractivity contribution in [3.05, 3.63) is 46.0 Å². The molecule has 140 valence electrons. The molecule has 1 atom stereocenters. The Kier molecular flexibility index (Phi) is 5.41. The lowest BCUT2D eigenvalue weighted by Crippen LogP contribution is -2.18. The number of methoxy groups -OCH3 is 1. The van der Waals surface area contributed by atoms with Gasteiger partial charge < -0.3 is 10.1 Å². The molecular weight excluding hydrogens is 368 g/mol. The van der Waals surface area contributed by atoms with Gasteiger partial charge in [-0.1, -0.05) is 32.0 Å². The van der Waals surface area contributed by atoms with Crippen LogP contribution in [0.25, 0.3) is 0 Å². The Morgan fingerprint density at radius 3 is 2.74 bits per heavy atom. The van der Waals surface area contributed by atoms with Crippen molar-refractivity contribution in [1.29, 1.82) is 0 Å². The van der Waals surface area contributed by atoms with Gasteiger partial charge in [-0.15, -0.1) is 16.5 Å². The number of aromatic nitrogens is 1. The van der Waals surface area contributed by atoms with Crippen molar-refractivity contribution in [2.24, 2.45) is 10.2 Å². The van der Waals surface area contributed by atoms with Crippen LogP contribution < -0.4 is 5.32 Å². The lowest BCUT2D eigenvalue weighted by molar-refractivity contribution is -0.116. The van der Waals surface area contributed by atoms with E-state index in [4.69, 9.17) is 4.74 Å². The van der Waals surface area contributed by atoms with Crippen LogP contribution in [0.15, 0.2) is 34.5 Å². The molecule has 1 aliphatic rings. The number of benzene rings is 1. The number of anilines is 1. The summed E-state index contributed by atoms with van der Waals surface area (Å²) in [6, 6.07) is 6.42. The molecule has 2 aromatic rings. The molecule has 1 aromatic heterocycles. The number of azo groups is 1. The zero-order valence-corrected chi connectivity index (χ0v) is 15.9. The zero-order valence-electron chi connectivity index (χ0n) is 15.1. The number of esters is 1. The van der Waals surface area contributed by atoms with Gasteiger partial charge in [0.05, 0.1) is 13.5 Å². The standard InChI is InChI=1S/C18H18N4O4S/c1-9(2)15-14(17(25)26-3)20-18(27-15)19-13(23)8-12-10-6-4-5-7-11(10)16(24)22-21-12/h4-7,9,12H,8H2,1-3H3,(H,19,20,23). The molecule has 0 aliphatic carbocycles. The van der Waals surface area contributed by atoms with Crippen LogP contribution in [0.3, 0.4) is 0 Å². The Morgan fingerprint density at radius 1 is 1.30 bits per heavy atom. The molecule has 1 N–H and O–H groups in total. The number of hydrogen-bond acceptors (Lipinski definition) is 7. The van der Waals surface area contributed by atoms with Crippen LogP contribution in [0.4, 0.5) is 5.13 Å². The minimum Gasteiger partial charge on any atom is -0.464 e. The third kappa shape index (κ3) is 3.92. The molecule has 0 spiro atoms. The quantitative estimate of drug-likeness (QED) is 0.787. The van der Waals surface area contributed by atoms with Crippen molar-refractivity contribution in [3.63, 3.8) is 0 Å². The Labute approximate surface area is 159 Å². The van der Waals surface area contributed by atoms with E-state index in [2.05, 4.69) is 20.5 Å². The summed E-state index contributed by atoms with van der Waals surface area (Å²) in [4.78, 5) is 41.1. The summed E-state index contributed by atoms with van der Waals surface area (Å²) in [5.41, 5.74) is 1.33. The van der Waals surface area contributed by atoms with Crippen molar-refractivity contribution in [2.75, 3.05) is 12.4 Å². The molecule has 1 unspecified atom stereocenters. The van der Waals surface area contributed by atoms with Gasteiger partial charge >= 0.3 is 5.97 Å². The van der Waals surface area contributed by atoms with Gasteiger partial charge in [0.2, 0.25) is 5.91 Å². The fourth-order valence-corrected chi connectivity index (χ4v) is 3.71. The van der Waals surface area contributed by atoms with Crippen LogP contribution in [-0.2, 0) is 9.53 Å². The highest BCUT2D eigenvalue weighted by Gasteiger charge is 2.27. The maximum absolute atomic E-state index is 12.5. The van der Waals surface area contributed by atoms with Crippen LogP contribution in [-0.4, -0.2) is 29.9 Å². The van der Waals surface area contributed by atoms with Crippen LogP contribution in [0.1, 0.15) is 63.5 Å². The van der Waals surface area contributed by atoms with E-state index in [9.17, 15) is 14.4 Å². The molecule has 0 saturated heterocycles. The average Bonchev–Trinajstić information content (AvgIpc) is 3.07. The molecule has 8 nitrogen and oxygen atoms in total. The van der Waals surface area contributed by atoms with E-state index in [-0.39, 0.29) is 23.9 Å². The summed E-state index contributed by atoms with van der Waals surface area (Å²) in [5, 5.41) is 10.6. The third-order valence-corrected chi connectivity index (χ3v) is 5.29. The van der Waals surface area contributed by atoms with Crippen molar-refractivity contribution >= 4 is 34.3 Å². The number of nitrogens with one attached hydrogen (secondary N) is 1. The van der Waals surface area contributed by atoms with Gasteiger partial charge in [0.15, 0.2) is 10.8 Å². The Morgan fingerprint density at radius 2 is 2.04 bits per heavy atom. The lowest BCUT2D eigenvalue weighted by Gasteiger charge is -2.17. The molecule has 2 amide bonds. The summed E-state index contributed by atoms with van der Waals surface area (Å²) in [7, 11) is 1.29. The summed E-state index contributed by atoms with van der Waals surface area (Å²) >= 11 is 1.24. The highest BCUT2D eigenvalue weighted by Crippen LogP contribution is 2.32. The molecule has 3 rings (SSSR count). The van der Waals surface area contributed by atoms with Crippen molar-refractivity contribution in [2.45, 2.75) is 32.2 Å². The molecule has 1 aromatic carbocycles. The molecule has 0 fully saturated rings. The number of fused-ring (bicyclic) bond motifs is 1. The Bertz CT molecular complexity index is 935. The van der Waals surface area contributed by atoms with E-state index < -0.39 is 17.9 Å². The summed E-state index contributed by atoms with van der Waals surface area (Å²) in [6.07, 6.45) is 0.0118. The smallest absolute Gasteiger partial charge is 0.357 e. The third-order valence-electron chi connectivity index (χ3n) is 4.02. The predicted octanol–water partition coefficient (Wildman–Crippen LogP) is 3.73. The molecule has 27 heavy (non-hydrogen) atoms. The van der Waals surface area contributed by atoms with Crippen LogP contribution in [0.2, 0.25) is 0 Å². The van der Waals surface area contributed by atoms with E-state index >= 15 is 0 Å². The van der Waals surface area contributed by atoms with Gasteiger partial charge in [-0.05, 0) is 17.5 Å². The van der Waals surface area contributed by atoms with E-state index in [1.807, 2.05) is 13.8 Å². The second-order valence-corrected chi connectivity index (χ2v) is 7.28. The van der Waals surface area contributed by atoms with Crippen molar-refractivity contribution < 1.29 is 19.1 Å². The summed E-state index contributed by atoms with van der Waals surface area (Å²) in [5.74, 6) is -1.22. The highest BCUT2D eigenvalue weighted by molar-refractivity contribution is 7.16. The van der Waals surface area contributed by atoms with Crippen LogP contribution in [0, 0.1) is 0 Å². The SMILES string of the molecule is COC(=O)c1nc(NC(=O)CC2N=NC(=O)c3ccccc32)sc1C(C)C. The topological polar surface area (TPSA) is 110 Å². The first kappa shape index (κ1) is 18.8. The fraction of sp³-hybridized carbons (Fsp3) is 0.333. The summed E-state index contributed by atoms with van der Waals surface area (Å²) in [6.45, 7) is 3.86. The Hall–Kier alpha value is -2.94. The first-order valence-corrected chi connectivity index (χ1v) is 9.15. The van der Waals surface area contributed by atoms with Crippen LogP contribution in [0.5, 0.6) is 0 Å². The number of nitrogens with zero attached hydrogens (tertiary/aromatic N) is 3. The van der Waals surface area contributed by atoms with Crippen molar-refractivity contribution in [3.8, 4) is 0 Å². The molecule has 0 radical (unpaired) electrons. The largest absolute Gasteiger partial charge is 0.464 e. The first-order chi connectivity index (χ1) is 12.9. The second kappa shape index (κ2) is 7.75. The fourth-order valence-electron chi connectivity index (χ4n) is 2.74. The average molecular weight is 386 g/mol. The van der Waals surface area contributed by atoms with Crippen molar-refractivity contribution in [1.82, 2.24) is 4.98 Å². The number of carbonyl (C=O) groups excluding carboxylic acids is 3. The van der Waals surface area contributed by atoms with E-state index in [0.29, 0.717) is 16.3 Å². The maximum atomic E-state index is 12.5. The number of ether oxygens (including phenoxy) is 1. The maximum Gasteiger partial charge on any atom is 0.357 e. The predicted molar refractivity (Wildman–Crippen MR) is 99.2 cm³/mol. The molecule has 2 heterocycles. The number of hydrogen-bond donors (Lipinski definition) is 1. The molecule has 9 heteroatoms. The normalized spacial score (nSPS) is 15.6. The van der Waals surface area contributed by atoms with Gasteiger partial charge in [0, 0.05) is 10.4 Å². The van der Waals surface area contributed by atoms with Crippen LogP contribution >= 0.6 is 11.3 Å². The monoisotopic (exact) mass is 386 g/mol. The second-order valence-electron chi connectivity index (χ2n) is 6.25. The molecule has 0 bridgehead atoms. The van der Waals surface area contributed by atoms with Gasteiger partial charge in [-0.3, -0.25) is 9.59 Å².